The zero-order chi connectivity index (χ0) is 21.7. The summed E-state index contributed by atoms with van der Waals surface area (Å²) in [5.74, 6) is 1.68. The summed E-state index contributed by atoms with van der Waals surface area (Å²) in [6.07, 6.45) is 0.205. The van der Waals surface area contributed by atoms with Gasteiger partial charge in [-0.05, 0) is 53.8 Å². The van der Waals surface area contributed by atoms with E-state index in [1.165, 1.54) is 5.56 Å². The van der Waals surface area contributed by atoms with E-state index in [0.717, 1.165) is 30.3 Å². The van der Waals surface area contributed by atoms with Crippen molar-refractivity contribution in [2.45, 2.75) is 45.6 Å². The number of hydrogen-bond acceptors (Lipinski definition) is 4. The van der Waals surface area contributed by atoms with E-state index in [4.69, 9.17) is 9.47 Å². The van der Waals surface area contributed by atoms with Crippen LogP contribution in [0.3, 0.4) is 0 Å². The fourth-order valence-corrected chi connectivity index (χ4v) is 3.69. The normalized spacial score (nSPS) is 15.6. The van der Waals surface area contributed by atoms with Gasteiger partial charge in [0.1, 0.15) is 11.5 Å². The molecule has 0 spiro atoms. The molecule has 5 heteroatoms. The number of hydrogen-bond donors (Lipinski definition) is 0. The second kappa shape index (κ2) is 9.41. The average Bonchev–Trinajstić information content (AvgIpc) is 2.77. The first kappa shape index (κ1) is 22.0. The largest absolute Gasteiger partial charge is 0.497 e. The monoisotopic (exact) mass is 410 g/mol. The quantitative estimate of drug-likeness (QED) is 0.703. The van der Waals surface area contributed by atoms with Crippen LogP contribution in [-0.2, 0) is 10.2 Å². The first-order valence-corrected chi connectivity index (χ1v) is 10.8. The van der Waals surface area contributed by atoms with Crippen LogP contribution in [0.5, 0.6) is 11.5 Å². The first-order chi connectivity index (χ1) is 14.3. The molecule has 162 valence electrons. The number of rotatable bonds is 6. The summed E-state index contributed by atoms with van der Waals surface area (Å²) >= 11 is 0. The summed E-state index contributed by atoms with van der Waals surface area (Å²) in [5.41, 5.74) is 2.51. The van der Waals surface area contributed by atoms with Crippen LogP contribution in [0.4, 0.5) is 5.69 Å². The number of ether oxygens (including phenoxy) is 2. The number of carbonyl (C=O) groups is 1. The first-order valence-electron chi connectivity index (χ1n) is 10.8. The molecule has 1 fully saturated rings. The second-order valence-electron chi connectivity index (χ2n) is 8.80. The van der Waals surface area contributed by atoms with Gasteiger partial charge < -0.3 is 19.3 Å². The van der Waals surface area contributed by atoms with Gasteiger partial charge in [0.25, 0.3) is 5.91 Å². The molecule has 1 atom stereocenters. The van der Waals surface area contributed by atoms with E-state index >= 15 is 0 Å². The predicted octanol–water partition coefficient (Wildman–Crippen LogP) is 4.50. The SMILES string of the molecule is CC[C@H](Oc1ccc(C(C)(C)C)cc1)C(=O)N1CCN(c2ccc(OC)cc2)CC1. The Morgan fingerprint density at radius 3 is 2.00 bits per heavy atom. The van der Waals surface area contributed by atoms with E-state index in [1.54, 1.807) is 7.11 Å². The molecule has 1 heterocycles. The number of benzene rings is 2. The lowest BCUT2D eigenvalue weighted by molar-refractivity contribution is -0.139. The molecule has 0 unspecified atom stereocenters. The third kappa shape index (κ3) is 5.26. The molecule has 0 saturated carbocycles. The second-order valence-corrected chi connectivity index (χ2v) is 8.80. The Kier molecular flexibility index (Phi) is 6.91. The molecule has 1 amide bonds. The van der Waals surface area contributed by atoms with Gasteiger partial charge in [0.05, 0.1) is 7.11 Å². The van der Waals surface area contributed by atoms with Crippen LogP contribution in [0.2, 0.25) is 0 Å². The molecule has 5 nitrogen and oxygen atoms in total. The van der Waals surface area contributed by atoms with Crippen molar-refractivity contribution in [3.05, 3.63) is 54.1 Å². The number of anilines is 1. The van der Waals surface area contributed by atoms with E-state index in [2.05, 4.69) is 49.9 Å². The van der Waals surface area contributed by atoms with Gasteiger partial charge >= 0.3 is 0 Å². The minimum Gasteiger partial charge on any atom is -0.497 e. The number of piperazine rings is 1. The summed E-state index contributed by atoms with van der Waals surface area (Å²) in [7, 11) is 1.67. The summed E-state index contributed by atoms with van der Waals surface area (Å²) in [6.45, 7) is 11.6. The van der Waals surface area contributed by atoms with Gasteiger partial charge in [-0.3, -0.25) is 4.79 Å². The number of nitrogens with zero attached hydrogens (tertiary/aromatic N) is 2. The fourth-order valence-electron chi connectivity index (χ4n) is 3.69. The van der Waals surface area contributed by atoms with Crippen LogP contribution < -0.4 is 14.4 Å². The smallest absolute Gasteiger partial charge is 0.263 e. The van der Waals surface area contributed by atoms with Crippen LogP contribution in [0, 0.1) is 0 Å². The van der Waals surface area contributed by atoms with Crippen molar-refractivity contribution >= 4 is 11.6 Å². The molecular formula is C25H34N2O3. The Morgan fingerprint density at radius 1 is 0.933 bits per heavy atom. The standard InChI is InChI=1S/C25H34N2O3/c1-6-23(30-22-11-7-19(8-12-22)25(2,3)4)24(28)27-17-15-26(16-18-27)20-9-13-21(29-5)14-10-20/h7-14,23H,6,15-18H2,1-5H3/t23-/m0/s1. The highest BCUT2D eigenvalue weighted by Gasteiger charge is 2.28. The van der Waals surface area contributed by atoms with Gasteiger partial charge in [0.2, 0.25) is 0 Å². The Hall–Kier alpha value is -2.69. The molecule has 0 N–H and O–H groups in total. The van der Waals surface area contributed by atoms with Crippen molar-refractivity contribution in [3.8, 4) is 11.5 Å². The van der Waals surface area contributed by atoms with Crippen LogP contribution >= 0.6 is 0 Å². The third-order valence-electron chi connectivity index (χ3n) is 5.67. The maximum Gasteiger partial charge on any atom is 0.263 e. The molecule has 1 aliphatic heterocycles. The van der Waals surface area contributed by atoms with Gasteiger partial charge in [0.15, 0.2) is 6.10 Å². The maximum atomic E-state index is 13.1. The lowest BCUT2D eigenvalue weighted by Gasteiger charge is -2.37. The van der Waals surface area contributed by atoms with Crippen molar-refractivity contribution in [3.63, 3.8) is 0 Å². The van der Waals surface area contributed by atoms with E-state index in [0.29, 0.717) is 19.5 Å². The molecule has 0 aliphatic carbocycles. The molecule has 1 aliphatic rings. The summed E-state index contributed by atoms with van der Waals surface area (Å²) in [6, 6.07) is 16.2. The molecule has 1 saturated heterocycles. The Bertz CT molecular complexity index is 817. The highest BCUT2D eigenvalue weighted by molar-refractivity contribution is 5.81. The van der Waals surface area contributed by atoms with E-state index in [9.17, 15) is 4.79 Å². The van der Waals surface area contributed by atoms with Crippen molar-refractivity contribution in [2.75, 3.05) is 38.2 Å². The lowest BCUT2D eigenvalue weighted by Crippen LogP contribution is -2.52. The zero-order valence-electron chi connectivity index (χ0n) is 18.9. The fraction of sp³-hybridized carbons (Fsp3) is 0.480. The van der Waals surface area contributed by atoms with Crippen LogP contribution in [0.15, 0.2) is 48.5 Å². The molecule has 2 aromatic carbocycles. The van der Waals surface area contributed by atoms with Gasteiger partial charge in [-0.1, -0.05) is 39.8 Å². The van der Waals surface area contributed by atoms with E-state index in [-0.39, 0.29) is 11.3 Å². The van der Waals surface area contributed by atoms with Gasteiger partial charge in [-0.25, -0.2) is 0 Å². The van der Waals surface area contributed by atoms with Gasteiger partial charge in [-0.15, -0.1) is 0 Å². The molecule has 0 bridgehead atoms. The molecular weight excluding hydrogens is 376 g/mol. The van der Waals surface area contributed by atoms with Crippen molar-refractivity contribution in [2.24, 2.45) is 0 Å². The number of carbonyl (C=O) groups excluding carboxylic acids is 1. The van der Waals surface area contributed by atoms with E-state index < -0.39 is 6.10 Å². The minimum atomic E-state index is -0.446. The highest BCUT2D eigenvalue weighted by Crippen LogP contribution is 2.25. The Morgan fingerprint density at radius 2 is 1.50 bits per heavy atom. The molecule has 2 aromatic rings. The third-order valence-corrected chi connectivity index (χ3v) is 5.67. The van der Waals surface area contributed by atoms with Crippen molar-refractivity contribution in [1.29, 1.82) is 0 Å². The molecule has 0 aromatic heterocycles. The minimum absolute atomic E-state index is 0.0757. The van der Waals surface area contributed by atoms with E-state index in [1.807, 2.05) is 36.1 Å². The highest BCUT2D eigenvalue weighted by atomic mass is 16.5. The number of methoxy groups -OCH3 is 1. The van der Waals surface area contributed by atoms with Crippen LogP contribution in [0.1, 0.15) is 39.7 Å². The maximum absolute atomic E-state index is 13.1. The zero-order valence-corrected chi connectivity index (χ0v) is 18.9. The molecule has 30 heavy (non-hydrogen) atoms. The Balaban J connectivity index is 1.57. The van der Waals surface area contributed by atoms with Crippen LogP contribution in [0.25, 0.3) is 0 Å². The summed E-state index contributed by atoms with van der Waals surface area (Å²) < 4.78 is 11.3. The summed E-state index contributed by atoms with van der Waals surface area (Å²) in [4.78, 5) is 17.3. The number of amides is 1. The summed E-state index contributed by atoms with van der Waals surface area (Å²) in [5, 5.41) is 0. The van der Waals surface area contributed by atoms with Crippen molar-refractivity contribution in [1.82, 2.24) is 4.90 Å². The average molecular weight is 411 g/mol. The topological polar surface area (TPSA) is 42.0 Å². The molecule has 0 radical (unpaired) electrons. The predicted molar refractivity (Wildman–Crippen MR) is 122 cm³/mol. The van der Waals surface area contributed by atoms with Gasteiger partial charge in [0, 0.05) is 31.9 Å². The lowest BCUT2D eigenvalue weighted by atomic mass is 9.87. The van der Waals surface area contributed by atoms with Gasteiger partial charge in [-0.2, -0.15) is 0 Å². The molecule has 3 rings (SSSR count). The Labute approximate surface area is 180 Å². The van der Waals surface area contributed by atoms with Crippen LogP contribution in [-0.4, -0.2) is 50.2 Å². The van der Waals surface area contributed by atoms with Crippen molar-refractivity contribution < 1.29 is 14.3 Å².